The normalized spacial score (nSPS) is 13.5. The number of alkyl halides is 3. The summed E-state index contributed by atoms with van der Waals surface area (Å²) in [5, 5.41) is -0.0259. The molecule has 1 N–H and O–H groups in total. The van der Waals surface area contributed by atoms with Crippen molar-refractivity contribution in [3.05, 3.63) is 57.3 Å². The van der Waals surface area contributed by atoms with Crippen LogP contribution in [-0.4, -0.2) is 32.4 Å². The second kappa shape index (κ2) is 11.2. The van der Waals surface area contributed by atoms with Crippen LogP contribution in [0.2, 0.25) is 10.0 Å². The predicted molar refractivity (Wildman–Crippen MR) is 117 cm³/mol. The van der Waals surface area contributed by atoms with Crippen LogP contribution < -0.4 is 14.4 Å². The van der Waals surface area contributed by atoms with Crippen molar-refractivity contribution >= 4 is 46.7 Å². The van der Waals surface area contributed by atoms with Gasteiger partial charge in [0.05, 0.1) is 28.3 Å². The number of amides is 1. The molecule has 170 valence electrons. The highest BCUT2D eigenvalue weighted by Crippen LogP contribution is 2.37. The third-order valence-electron chi connectivity index (χ3n) is 4.41. The highest BCUT2D eigenvalue weighted by molar-refractivity contribution is 7.97. The van der Waals surface area contributed by atoms with Crippen molar-refractivity contribution in [1.82, 2.24) is 4.72 Å². The molecule has 0 bridgehead atoms. The number of rotatable bonds is 4. The summed E-state index contributed by atoms with van der Waals surface area (Å²) in [7, 11) is 1.38. The Hall–Kier alpha value is -1.84. The zero-order valence-corrected chi connectivity index (χ0v) is 19.0. The maximum Gasteiger partial charge on any atom is 0.417 e. The van der Waals surface area contributed by atoms with E-state index in [1.54, 1.807) is 6.26 Å². The summed E-state index contributed by atoms with van der Waals surface area (Å²) < 4.78 is 58.0. The summed E-state index contributed by atoms with van der Waals surface area (Å²) >= 11 is 12.5. The van der Waals surface area contributed by atoms with Gasteiger partial charge in [0.15, 0.2) is 0 Å². The van der Waals surface area contributed by atoms with Crippen LogP contribution in [-0.2, 0) is 6.18 Å². The number of methoxy groups -OCH3 is 1. The Morgan fingerprint density at radius 3 is 2.29 bits per heavy atom. The van der Waals surface area contributed by atoms with Gasteiger partial charge in [0, 0.05) is 31.1 Å². The molecule has 31 heavy (non-hydrogen) atoms. The molecule has 0 aliphatic carbocycles. The molecule has 2 aromatic rings. The fourth-order valence-corrected chi connectivity index (χ4v) is 3.73. The van der Waals surface area contributed by atoms with Gasteiger partial charge >= 0.3 is 6.18 Å². The van der Waals surface area contributed by atoms with E-state index in [2.05, 4.69) is 4.72 Å². The average Bonchev–Trinajstić information content (AvgIpc) is 3.24. The van der Waals surface area contributed by atoms with E-state index >= 15 is 0 Å². The number of benzene rings is 2. The van der Waals surface area contributed by atoms with Crippen molar-refractivity contribution in [1.29, 1.82) is 0 Å². The minimum absolute atomic E-state index is 0.102. The minimum Gasteiger partial charge on any atom is -0.495 e. The first-order valence-electron chi connectivity index (χ1n) is 9.06. The van der Waals surface area contributed by atoms with Gasteiger partial charge in [0.25, 0.3) is 5.91 Å². The number of carbonyl (C=O) groups excluding carboxylic acids is 1. The van der Waals surface area contributed by atoms with Crippen LogP contribution in [0.3, 0.4) is 0 Å². The SMILES string of the molecule is COc1cc(F)c(C(=O)NSC)cc1Cl.FC(F)(F)c1ccc(N2CCCC2)cc1Cl. The fraction of sp³-hybridized carbons (Fsp3) is 0.350. The Morgan fingerprint density at radius 1 is 1.13 bits per heavy atom. The van der Waals surface area contributed by atoms with Gasteiger partial charge in [-0.2, -0.15) is 13.2 Å². The highest BCUT2D eigenvalue weighted by Gasteiger charge is 2.33. The van der Waals surface area contributed by atoms with Crippen molar-refractivity contribution in [3.8, 4) is 5.75 Å². The Bertz CT molecular complexity index is 923. The van der Waals surface area contributed by atoms with E-state index < -0.39 is 23.5 Å². The number of hydrogen-bond acceptors (Lipinski definition) is 4. The Balaban J connectivity index is 0.000000221. The molecular formula is C20H20Cl2F4N2O2S. The van der Waals surface area contributed by atoms with Gasteiger partial charge in [-0.1, -0.05) is 35.1 Å². The van der Waals surface area contributed by atoms with Crippen molar-refractivity contribution in [2.45, 2.75) is 19.0 Å². The molecule has 2 aromatic carbocycles. The lowest BCUT2D eigenvalue weighted by Crippen LogP contribution is -2.18. The van der Waals surface area contributed by atoms with Crippen LogP contribution >= 0.6 is 35.1 Å². The number of ether oxygens (including phenoxy) is 1. The molecule has 1 aliphatic rings. The van der Waals surface area contributed by atoms with Gasteiger partial charge in [-0.15, -0.1) is 0 Å². The van der Waals surface area contributed by atoms with Crippen LogP contribution in [0.25, 0.3) is 0 Å². The molecule has 0 unspecified atom stereocenters. The number of anilines is 1. The lowest BCUT2D eigenvalue weighted by Gasteiger charge is -2.19. The Labute approximate surface area is 192 Å². The number of carbonyl (C=O) groups is 1. The van der Waals surface area contributed by atoms with E-state index in [-0.39, 0.29) is 21.4 Å². The zero-order chi connectivity index (χ0) is 23.2. The smallest absolute Gasteiger partial charge is 0.417 e. The van der Waals surface area contributed by atoms with Crippen LogP contribution in [0, 0.1) is 5.82 Å². The summed E-state index contributed by atoms with van der Waals surface area (Å²) in [6.07, 6.45) is -0.543. The Morgan fingerprint density at radius 2 is 1.77 bits per heavy atom. The predicted octanol–water partition coefficient (Wildman–Crippen LogP) is 6.45. The van der Waals surface area contributed by atoms with Gasteiger partial charge in [-0.25, -0.2) is 4.39 Å². The van der Waals surface area contributed by atoms with Crippen molar-refractivity contribution in [3.63, 3.8) is 0 Å². The van der Waals surface area contributed by atoms with Crippen molar-refractivity contribution < 1.29 is 27.1 Å². The first-order chi connectivity index (χ1) is 14.6. The first kappa shape index (κ1) is 25.4. The monoisotopic (exact) mass is 498 g/mol. The maximum atomic E-state index is 13.4. The quantitative estimate of drug-likeness (QED) is 0.388. The van der Waals surface area contributed by atoms with Crippen LogP contribution in [0.15, 0.2) is 30.3 Å². The van der Waals surface area contributed by atoms with Crippen LogP contribution in [0.5, 0.6) is 5.75 Å². The summed E-state index contributed by atoms with van der Waals surface area (Å²) in [6.45, 7) is 1.78. The number of halogens is 6. The summed E-state index contributed by atoms with van der Waals surface area (Å²) in [4.78, 5) is 13.4. The molecule has 1 heterocycles. The number of nitrogens with one attached hydrogen (secondary N) is 1. The van der Waals surface area contributed by atoms with Gasteiger partial charge in [0.1, 0.15) is 11.6 Å². The molecule has 1 fully saturated rings. The van der Waals surface area contributed by atoms with E-state index in [1.807, 2.05) is 4.90 Å². The van der Waals surface area contributed by atoms with E-state index in [0.717, 1.165) is 55.7 Å². The Kier molecular flexibility index (Phi) is 9.14. The molecule has 1 aliphatic heterocycles. The lowest BCUT2D eigenvalue weighted by molar-refractivity contribution is -0.137. The molecule has 0 aromatic heterocycles. The molecular weight excluding hydrogens is 479 g/mol. The summed E-state index contributed by atoms with van der Waals surface area (Å²) in [6, 6.07) is 6.25. The van der Waals surface area contributed by atoms with Crippen molar-refractivity contribution in [2.75, 3.05) is 31.4 Å². The topological polar surface area (TPSA) is 41.6 Å². The van der Waals surface area contributed by atoms with Gasteiger partial charge < -0.3 is 9.64 Å². The fourth-order valence-electron chi connectivity index (χ4n) is 2.91. The molecule has 0 atom stereocenters. The maximum absolute atomic E-state index is 13.4. The van der Waals surface area contributed by atoms with Gasteiger partial charge in [-0.3, -0.25) is 9.52 Å². The molecule has 4 nitrogen and oxygen atoms in total. The highest BCUT2D eigenvalue weighted by atomic mass is 35.5. The lowest BCUT2D eigenvalue weighted by atomic mass is 10.2. The molecule has 0 saturated carbocycles. The van der Waals surface area contributed by atoms with E-state index in [0.29, 0.717) is 0 Å². The van der Waals surface area contributed by atoms with E-state index in [1.165, 1.54) is 25.3 Å². The average molecular weight is 499 g/mol. The third kappa shape index (κ3) is 6.82. The summed E-state index contributed by atoms with van der Waals surface area (Å²) in [5.74, 6) is -0.984. The minimum atomic E-state index is -4.37. The molecule has 0 radical (unpaired) electrons. The third-order valence-corrected chi connectivity index (χ3v) is 5.41. The van der Waals surface area contributed by atoms with Gasteiger partial charge in [-0.05, 0) is 37.1 Å². The standard InChI is InChI=1S/C11H11ClF3N.C9H9ClFNO2S/c12-10-7-8(16-5-1-2-6-16)3-4-9(10)11(13,14)15;1-14-8-4-7(11)5(3-6(8)10)9(13)12-15-2/h3-4,7H,1-2,5-6H2;3-4H,1-2H3,(H,12,13). The molecule has 11 heteroatoms. The second-order valence-corrected chi connectivity index (χ2v) is 7.88. The van der Waals surface area contributed by atoms with E-state index in [9.17, 15) is 22.4 Å². The second-order valence-electron chi connectivity index (χ2n) is 6.46. The van der Waals surface area contributed by atoms with Crippen LogP contribution in [0.4, 0.5) is 23.2 Å². The largest absolute Gasteiger partial charge is 0.495 e. The number of hydrogen-bond donors (Lipinski definition) is 1. The molecule has 1 amide bonds. The van der Waals surface area contributed by atoms with Crippen molar-refractivity contribution in [2.24, 2.45) is 0 Å². The first-order valence-corrected chi connectivity index (χ1v) is 11.0. The summed E-state index contributed by atoms with van der Waals surface area (Å²) in [5.41, 5.74) is -0.0947. The molecule has 1 saturated heterocycles. The zero-order valence-electron chi connectivity index (χ0n) is 16.7. The van der Waals surface area contributed by atoms with E-state index in [4.69, 9.17) is 27.9 Å². The van der Waals surface area contributed by atoms with Gasteiger partial charge in [0.2, 0.25) is 0 Å². The van der Waals surface area contributed by atoms with Crippen LogP contribution in [0.1, 0.15) is 28.8 Å². The molecule has 3 rings (SSSR count). The molecule has 0 spiro atoms. The number of nitrogens with zero attached hydrogens (tertiary/aromatic N) is 1.